The third-order valence-electron chi connectivity index (χ3n) is 3.22. The molecule has 1 aromatic heterocycles. The molecule has 0 saturated carbocycles. The van der Waals surface area contributed by atoms with Gasteiger partial charge in [0.05, 0.1) is 11.9 Å². The van der Waals surface area contributed by atoms with Gasteiger partial charge in [-0.1, -0.05) is 25.1 Å². The monoisotopic (exact) mass is 270 g/mol. The van der Waals surface area contributed by atoms with Crippen molar-refractivity contribution in [3.8, 4) is 11.5 Å². The van der Waals surface area contributed by atoms with E-state index in [9.17, 15) is 0 Å². The Morgan fingerprint density at radius 2 is 2.00 bits per heavy atom. The minimum Gasteiger partial charge on any atom is -0.455 e. The summed E-state index contributed by atoms with van der Waals surface area (Å²) >= 11 is 0. The van der Waals surface area contributed by atoms with Crippen LogP contribution in [-0.4, -0.2) is 11.5 Å². The number of pyridine rings is 1. The van der Waals surface area contributed by atoms with Gasteiger partial charge < -0.3 is 10.1 Å². The first-order chi connectivity index (χ1) is 9.70. The molecule has 1 heterocycles. The van der Waals surface area contributed by atoms with Gasteiger partial charge in [-0.05, 0) is 50.6 Å². The van der Waals surface area contributed by atoms with Crippen LogP contribution in [-0.2, 0) is 0 Å². The molecule has 2 rings (SSSR count). The highest BCUT2D eigenvalue weighted by Crippen LogP contribution is 2.24. The zero-order valence-corrected chi connectivity index (χ0v) is 12.4. The van der Waals surface area contributed by atoms with Gasteiger partial charge in [0.15, 0.2) is 0 Å². The molecule has 0 radical (unpaired) electrons. The minimum absolute atomic E-state index is 0.266. The molecule has 3 heteroatoms. The molecule has 0 aliphatic carbocycles. The quantitative estimate of drug-likeness (QED) is 0.852. The van der Waals surface area contributed by atoms with Crippen molar-refractivity contribution in [1.82, 2.24) is 10.3 Å². The van der Waals surface area contributed by atoms with E-state index in [0.29, 0.717) is 0 Å². The number of nitrogens with zero attached hydrogens (tertiary/aromatic N) is 1. The molecule has 20 heavy (non-hydrogen) atoms. The molecular weight excluding hydrogens is 248 g/mol. The van der Waals surface area contributed by atoms with Crippen LogP contribution in [0, 0.1) is 6.92 Å². The predicted molar refractivity (Wildman–Crippen MR) is 82.2 cm³/mol. The summed E-state index contributed by atoms with van der Waals surface area (Å²) in [6, 6.07) is 12.2. The lowest BCUT2D eigenvalue weighted by atomic mass is 10.2. The molecule has 0 amide bonds. The number of para-hydroxylation sites is 1. The highest BCUT2D eigenvalue weighted by atomic mass is 16.5. The largest absolute Gasteiger partial charge is 0.455 e. The van der Waals surface area contributed by atoms with Gasteiger partial charge in [-0.3, -0.25) is 4.98 Å². The third kappa shape index (κ3) is 3.81. The van der Waals surface area contributed by atoms with Crippen LogP contribution in [0.15, 0.2) is 42.6 Å². The number of hydrogen-bond donors (Lipinski definition) is 1. The van der Waals surface area contributed by atoms with E-state index >= 15 is 0 Å². The van der Waals surface area contributed by atoms with Crippen LogP contribution in [0.3, 0.4) is 0 Å². The van der Waals surface area contributed by atoms with Crippen LogP contribution in [0.25, 0.3) is 0 Å². The third-order valence-corrected chi connectivity index (χ3v) is 3.22. The molecule has 3 nitrogen and oxygen atoms in total. The second-order valence-electron chi connectivity index (χ2n) is 4.96. The lowest BCUT2D eigenvalue weighted by Gasteiger charge is -2.13. The number of hydrogen-bond acceptors (Lipinski definition) is 3. The van der Waals surface area contributed by atoms with Crippen molar-refractivity contribution in [3.63, 3.8) is 0 Å². The van der Waals surface area contributed by atoms with Crippen molar-refractivity contribution in [2.45, 2.75) is 33.2 Å². The molecule has 0 bridgehead atoms. The Kier molecular flexibility index (Phi) is 5.13. The zero-order valence-electron chi connectivity index (χ0n) is 12.4. The van der Waals surface area contributed by atoms with Gasteiger partial charge in [0.2, 0.25) is 0 Å². The highest BCUT2D eigenvalue weighted by Gasteiger charge is 2.06. The number of benzene rings is 1. The van der Waals surface area contributed by atoms with E-state index in [1.165, 1.54) is 0 Å². The van der Waals surface area contributed by atoms with E-state index in [4.69, 9.17) is 4.74 Å². The Morgan fingerprint density at radius 3 is 2.65 bits per heavy atom. The second-order valence-corrected chi connectivity index (χ2v) is 4.96. The van der Waals surface area contributed by atoms with Crippen molar-refractivity contribution in [3.05, 3.63) is 53.9 Å². The van der Waals surface area contributed by atoms with E-state index < -0.39 is 0 Å². The van der Waals surface area contributed by atoms with Gasteiger partial charge in [0, 0.05) is 6.04 Å². The summed E-state index contributed by atoms with van der Waals surface area (Å²) in [5.41, 5.74) is 2.16. The summed E-state index contributed by atoms with van der Waals surface area (Å²) in [7, 11) is 0. The van der Waals surface area contributed by atoms with E-state index in [-0.39, 0.29) is 6.04 Å². The molecule has 1 unspecified atom stereocenters. The lowest BCUT2D eigenvalue weighted by Crippen LogP contribution is -2.20. The van der Waals surface area contributed by atoms with Crippen LogP contribution >= 0.6 is 0 Å². The molecule has 1 N–H and O–H groups in total. The molecule has 1 atom stereocenters. The summed E-state index contributed by atoms with van der Waals surface area (Å²) in [6.07, 6.45) is 2.91. The first kappa shape index (κ1) is 14.5. The number of nitrogens with one attached hydrogen (secondary N) is 1. The topological polar surface area (TPSA) is 34.1 Å². The molecule has 0 aliphatic heterocycles. The van der Waals surface area contributed by atoms with Gasteiger partial charge in [-0.2, -0.15) is 0 Å². The standard InChI is InChI=1S/C17H22N2O/c1-4-11-18-14(3)16-10-9-15(12-19-16)20-17-8-6-5-7-13(17)2/h5-10,12,14,18H,4,11H2,1-3H3. The van der Waals surface area contributed by atoms with Gasteiger partial charge >= 0.3 is 0 Å². The number of rotatable bonds is 6. The van der Waals surface area contributed by atoms with E-state index in [2.05, 4.69) is 24.1 Å². The van der Waals surface area contributed by atoms with Crippen molar-refractivity contribution < 1.29 is 4.74 Å². The van der Waals surface area contributed by atoms with Gasteiger partial charge in [0.1, 0.15) is 11.5 Å². The molecule has 106 valence electrons. The van der Waals surface area contributed by atoms with Gasteiger partial charge in [-0.15, -0.1) is 0 Å². The normalized spacial score (nSPS) is 12.2. The Morgan fingerprint density at radius 1 is 1.20 bits per heavy atom. The molecule has 0 fully saturated rings. The predicted octanol–water partition coefficient (Wildman–Crippen LogP) is 4.24. The maximum Gasteiger partial charge on any atom is 0.145 e. The summed E-state index contributed by atoms with van der Waals surface area (Å²) in [4.78, 5) is 4.47. The number of aromatic nitrogens is 1. The van der Waals surface area contributed by atoms with E-state index in [1.807, 2.05) is 43.3 Å². The first-order valence-electron chi connectivity index (χ1n) is 7.13. The van der Waals surface area contributed by atoms with Crippen LogP contribution in [0.2, 0.25) is 0 Å². The van der Waals surface area contributed by atoms with Crippen molar-refractivity contribution in [2.75, 3.05) is 6.54 Å². The molecule has 0 saturated heterocycles. The Labute approximate surface area is 121 Å². The fraction of sp³-hybridized carbons (Fsp3) is 0.353. The van der Waals surface area contributed by atoms with Crippen molar-refractivity contribution in [2.24, 2.45) is 0 Å². The number of ether oxygens (including phenoxy) is 1. The molecule has 0 aliphatic rings. The fourth-order valence-corrected chi connectivity index (χ4v) is 1.97. The Bertz CT molecular complexity index is 537. The van der Waals surface area contributed by atoms with E-state index in [1.54, 1.807) is 6.20 Å². The van der Waals surface area contributed by atoms with Crippen molar-refractivity contribution in [1.29, 1.82) is 0 Å². The van der Waals surface area contributed by atoms with Crippen LogP contribution in [0.1, 0.15) is 37.6 Å². The first-order valence-corrected chi connectivity index (χ1v) is 7.13. The molecule has 1 aromatic carbocycles. The minimum atomic E-state index is 0.266. The summed E-state index contributed by atoms with van der Waals surface area (Å²) < 4.78 is 5.84. The van der Waals surface area contributed by atoms with Crippen LogP contribution in [0.5, 0.6) is 11.5 Å². The highest BCUT2D eigenvalue weighted by molar-refractivity contribution is 5.36. The SMILES string of the molecule is CCCNC(C)c1ccc(Oc2ccccc2C)cn1. The number of aryl methyl sites for hydroxylation is 1. The summed E-state index contributed by atoms with van der Waals surface area (Å²) in [5, 5.41) is 3.42. The molecule has 0 spiro atoms. The Hall–Kier alpha value is -1.87. The second kappa shape index (κ2) is 7.06. The molecular formula is C17H22N2O. The fourth-order valence-electron chi connectivity index (χ4n) is 1.97. The summed E-state index contributed by atoms with van der Waals surface area (Å²) in [6.45, 7) is 7.32. The lowest BCUT2D eigenvalue weighted by molar-refractivity contribution is 0.474. The van der Waals surface area contributed by atoms with Gasteiger partial charge in [0.25, 0.3) is 0 Å². The van der Waals surface area contributed by atoms with Crippen molar-refractivity contribution >= 4 is 0 Å². The smallest absolute Gasteiger partial charge is 0.145 e. The average Bonchev–Trinajstić information content (AvgIpc) is 2.48. The van der Waals surface area contributed by atoms with E-state index in [0.717, 1.165) is 35.7 Å². The zero-order chi connectivity index (χ0) is 14.4. The maximum atomic E-state index is 5.84. The summed E-state index contributed by atoms with van der Waals surface area (Å²) in [5.74, 6) is 1.64. The van der Waals surface area contributed by atoms with Gasteiger partial charge in [-0.25, -0.2) is 0 Å². The average molecular weight is 270 g/mol. The van der Waals surface area contributed by atoms with Crippen LogP contribution < -0.4 is 10.1 Å². The molecule has 2 aromatic rings. The van der Waals surface area contributed by atoms with Crippen LogP contribution in [0.4, 0.5) is 0 Å². The maximum absolute atomic E-state index is 5.84. The Balaban J connectivity index is 2.03.